The van der Waals surface area contributed by atoms with Crippen LogP contribution in [0.2, 0.25) is 0 Å². The Morgan fingerprint density at radius 1 is 1.75 bits per heavy atom. The molecule has 0 atom stereocenters. The summed E-state index contributed by atoms with van der Waals surface area (Å²) in [7, 11) is 1.84. The summed E-state index contributed by atoms with van der Waals surface area (Å²) >= 11 is 3.94. The maximum absolute atomic E-state index is 3.94. The molecular formula is C3H6KN3S. The van der Waals surface area contributed by atoms with Crippen LogP contribution in [0.4, 0.5) is 0 Å². The minimum absolute atomic E-state index is 0. The van der Waals surface area contributed by atoms with Crippen LogP contribution >= 0.6 is 12.6 Å². The van der Waals surface area contributed by atoms with Crippen molar-refractivity contribution in [2.24, 2.45) is 7.05 Å². The Hall–Kier alpha value is 1.13. The van der Waals surface area contributed by atoms with E-state index in [1.807, 2.05) is 7.05 Å². The van der Waals surface area contributed by atoms with E-state index < -0.39 is 0 Å². The molecule has 1 aromatic rings. The number of thiol groups is 1. The van der Waals surface area contributed by atoms with Crippen molar-refractivity contribution in [3.63, 3.8) is 0 Å². The molecule has 0 saturated heterocycles. The van der Waals surface area contributed by atoms with E-state index in [-0.39, 0.29) is 51.4 Å². The third-order valence-corrected chi connectivity index (χ3v) is 1.09. The molecule has 0 aromatic carbocycles. The summed E-state index contributed by atoms with van der Waals surface area (Å²) in [5, 5.41) is 7.79. The van der Waals surface area contributed by atoms with Gasteiger partial charge in [-0.05, 0) is 0 Å². The van der Waals surface area contributed by atoms with Crippen LogP contribution < -0.4 is 0 Å². The van der Waals surface area contributed by atoms with Crippen LogP contribution in [0.15, 0.2) is 11.5 Å². The van der Waals surface area contributed by atoms with E-state index in [9.17, 15) is 0 Å². The molecule has 5 heteroatoms. The predicted molar refractivity (Wildman–Crippen MR) is 35.4 cm³/mol. The van der Waals surface area contributed by atoms with Gasteiger partial charge < -0.3 is 4.57 Å². The average molecular weight is 155 g/mol. The van der Waals surface area contributed by atoms with Crippen LogP contribution in [0.25, 0.3) is 0 Å². The molecule has 40 valence electrons. The quantitative estimate of drug-likeness (QED) is 0.403. The first-order valence-corrected chi connectivity index (χ1v) is 2.28. The molecule has 0 unspecified atom stereocenters. The fourth-order valence-electron chi connectivity index (χ4n) is 0.277. The van der Waals surface area contributed by atoms with E-state index in [1.54, 1.807) is 10.9 Å². The van der Waals surface area contributed by atoms with Crippen molar-refractivity contribution in [1.82, 2.24) is 14.8 Å². The second-order valence-electron chi connectivity index (χ2n) is 1.24. The van der Waals surface area contributed by atoms with Crippen molar-refractivity contribution in [3.8, 4) is 0 Å². The monoisotopic (exact) mass is 155 g/mol. The van der Waals surface area contributed by atoms with Gasteiger partial charge in [-0.1, -0.05) is 0 Å². The topological polar surface area (TPSA) is 30.7 Å². The normalized spacial score (nSPS) is 8.25. The fraction of sp³-hybridized carbons (Fsp3) is 0.333. The number of nitrogens with zero attached hydrogens (tertiary/aromatic N) is 3. The van der Waals surface area contributed by atoms with E-state index in [0.29, 0.717) is 5.16 Å². The molecule has 0 fully saturated rings. The summed E-state index contributed by atoms with van der Waals surface area (Å²) in [6.07, 6.45) is 1.60. The van der Waals surface area contributed by atoms with E-state index in [2.05, 4.69) is 22.8 Å². The molecule has 1 aromatic heterocycles. The van der Waals surface area contributed by atoms with Crippen molar-refractivity contribution in [2.75, 3.05) is 0 Å². The third-order valence-electron chi connectivity index (χ3n) is 0.687. The second kappa shape index (κ2) is 4.02. The Kier molecular flexibility index (Phi) is 4.59. The molecule has 0 N–H and O–H groups in total. The zero-order valence-corrected chi connectivity index (χ0v) is 4.76. The molecule has 0 bridgehead atoms. The van der Waals surface area contributed by atoms with Gasteiger partial charge in [0.2, 0.25) is 0 Å². The molecule has 0 amide bonds. The summed E-state index contributed by atoms with van der Waals surface area (Å²) in [4.78, 5) is 0. The SMILES string of the molecule is Cn1cnnc1S.[KH]. The van der Waals surface area contributed by atoms with Gasteiger partial charge in [-0.25, -0.2) is 0 Å². The number of rotatable bonds is 0. The summed E-state index contributed by atoms with van der Waals surface area (Å²) in [6, 6.07) is 0. The summed E-state index contributed by atoms with van der Waals surface area (Å²) < 4.78 is 1.73. The molecular weight excluding hydrogens is 149 g/mol. The van der Waals surface area contributed by atoms with Gasteiger partial charge in [0.15, 0.2) is 5.16 Å². The number of aryl methyl sites for hydroxylation is 1. The van der Waals surface area contributed by atoms with Crippen LogP contribution in [-0.4, -0.2) is 66.1 Å². The first kappa shape index (κ1) is 9.13. The average Bonchev–Trinajstić information content (AvgIpc) is 1.91. The molecule has 0 saturated carbocycles. The molecule has 0 aliphatic carbocycles. The summed E-state index contributed by atoms with van der Waals surface area (Å²) in [5.74, 6) is 0. The van der Waals surface area contributed by atoms with Gasteiger partial charge in [-0.15, -0.1) is 22.8 Å². The summed E-state index contributed by atoms with van der Waals surface area (Å²) in [6.45, 7) is 0. The van der Waals surface area contributed by atoms with E-state index in [1.165, 1.54) is 0 Å². The van der Waals surface area contributed by atoms with Gasteiger partial charge in [0.1, 0.15) is 6.33 Å². The second-order valence-corrected chi connectivity index (χ2v) is 1.64. The Bertz CT molecular complexity index is 147. The van der Waals surface area contributed by atoms with Crippen LogP contribution in [0.1, 0.15) is 0 Å². The van der Waals surface area contributed by atoms with Crippen LogP contribution in [-0.2, 0) is 7.05 Å². The van der Waals surface area contributed by atoms with E-state index in [4.69, 9.17) is 0 Å². The molecule has 1 rings (SSSR count). The van der Waals surface area contributed by atoms with Gasteiger partial charge >= 0.3 is 51.4 Å². The van der Waals surface area contributed by atoms with Crippen molar-refractivity contribution >= 4 is 64.0 Å². The molecule has 8 heavy (non-hydrogen) atoms. The first-order valence-electron chi connectivity index (χ1n) is 1.83. The summed E-state index contributed by atoms with van der Waals surface area (Å²) in [5.41, 5.74) is 0. The maximum atomic E-state index is 3.94. The van der Waals surface area contributed by atoms with Gasteiger partial charge in [0.05, 0.1) is 0 Å². The van der Waals surface area contributed by atoms with E-state index in [0.717, 1.165) is 0 Å². The van der Waals surface area contributed by atoms with Crippen molar-refractivity contribution in [3.05, 3.63) is 6.33 Å². The Morgan fingerprint density at radius 3 is 2.50 bits per heavy atom. The van der Waals surface area contributed by atoms with Crippen molar-refractivity contribution in [1.29, 1.82) is 0 Å². The molecule has 0 radical (unpaired) electrons. The Labute approximate surface area is 95.7 Å². The zero-order valence-electron chi connectivity index (χ0n) is 3.87. The van der Waals surface area contributed by atoms with Crippen LogP contribution in [0.3, 0.4) is 0 Å². The van der Waals surface area contributed by atoms with Gasteiger partial charge in [0, 0.05) is 7.05 Å². The van der Waals surface area contributed by atoms with E-state index >= 15 is 0 Å². The van der Waals surface area contributed by atoms with Crippen molar-refractivity contribution < 1.29 is 0 Å². The first-order chi connectivity index (χ1) is 3.30. The standard InChI is InChI=1S/C3H5N3S.K.H/c1-6-2-4-5-3(6)7;;/h2H,1H3,(H,5,7);;. The molecule has 1 heterocycles. The number of hydrogen-bond acceptors (Lipinski definition) is 3. The van der Waals surface area contributed by atoms with Gasteiger partial charge in [-0.3, -0.25) is 0 Å². The molecule has 3 nitrogen and oxygen atoms in total. The van der Waals surface area contributed by atoms with Gasteiger partial charge in [0.25, 0.3) is 0 Å². The fourth-order valence-corrected chi connectivity index (χ4v) is 0.380. The Balaban J connectivity index is 0.000000490. The van der Waals surface area contributed by atoms with Crippen LogP contribution in [0, 0.1) is 0 Å². The molecule has 0 aliphatic rings. The Morgan fingerprint density at radius 2 is 2.38 bits per heavy atom. The third kappa shape index (κ3) is 2.16. The molecule has 0 aliphatic heterocycles. The van der Waals surface area contributed by atoms with Crippen LogP contribution in [0.5, 0.6) is 0 Å². The van der Waals surface area contributed by atoms with Crippen molar-refractivity contribution in [2.45, 2.75) is 5.16 Å². The number of hydrogen-bond donors (Lipinski definition) is 1. The number of aromatic nitrogens is 3. The molecule has 0 spiro atoms. The minimum atomic E-state index is 0. The predicted octanol–water partition coefficient (Wildman–Crippen LogP) is -0.545. The zero-order chi connectivity index (χ0) is 5.28. The van der Waals surface area contributed by atoms with Gasteiger partial charge in [-0.2, -0.15) is 0 Å².